The lowest BCUT2D eigenvalue weighted by Gasteiger charge is -2.51. The number of aromatic nitrogens is 4. The molecule has 1 aliphatic rings. The van der Waals surface area contributed by atoms with Crippen LogP contribution in [0.15, 0.2) is 49.2 Å². The van der Waals surface area contributed by atoms with Crippen LogP contribution in [0.3, 0.4) is 0 Å². The van der Waals surface area contributed by atoms with E-state index in [-0.39, 0.29) is 47.5 Å². The summed E-state index contributed by atoms with van der Waals surface area (Å²) in [6.07, 6.45) is 10.8. The average molecular weight is 507 g/mol. The molecule has 2 atom stereocenters. The number of H-pyrrole nitrogens is 1. The lowest BCUT2D eigenvalue weighted by atomic mass is 9.53. The number of benzene rings is 1. The number of non-ortho nitro benzene ring substituents is 1. The van der Waals surface area contributed by atoms with Crippen molar-refractivity contribution in [2.45, 2.75) is 58.9 Å². The molecule has 3 aromatic rings. The molecule has 0 aliphatic heterocycles. The summed E-state index contributed by atoms with van der Waals surface area (Å²) in [6.45, 7) is 5.75. The molecule has 0 saturated heterocycles. The summed E-state index contributed by atoms with van der Waals surface area (Å²) < 4.78 is 1.96. The molecule has 1 fully saturated rings. The molecule has 196 valence electrons. The maximum atomic E-state index is 12.9. The van der Waals surface area contributed by atoms with E-state index in [0.29, 0.717) is 17.9 Å². The van der Waals surface area contributed by atoms with Gasteiger partial charge in [-0.15, -0.1) is 0 Å². The van der Waals surface area contributed by atoms with Crippen molar-refractivity contribution in [3.8, 4) is 11.4 Å². The molecule has 0 spiro atoms. The van der Waals surface area contributed by atoms with E-state index in [0.717, 1.165) is 37.9 Å². The number of hydrogen-bond acceptors (Lipinski definition) is 6. The zero-order chi connectivity index (χ0) is 26.4. The largest absolute Gasteiger partial charge is 0.356 e. The van der Waals surface area contributed by atoms with Gasteiger partial charge in [0.2, 0.25) is 5.91 Å². The highest BCUT2D eigenvalue weighted by atomic mass is 16.6. The van der Waals surface area contributed by atoms with Gasteiger partial charge in [-0.05, 0) is 37.0 Å². The van der Waals surface area contributed by atoms with Crippen molar-refractivity contribution in [2.24, 2.45) is 17.3 Å². The van der Waals surface area contributed by atoms with Gasteiger partial charge in [0.1, 0.15) is 11.6 Å². The molecule has 0 radical (unpaired) electrons. The number of hydrogen-bond donors (Lipinski definition) is 2. The molecule has 2 aromatic heterocycles. The van der Waals surface area contributed by atoms with E-state index in [1.165, 1.54) is 12.1 Å². The van der Waals surface area contributed by atoms with Gasteiger partial charge >= 0.3 is 0 Å². The van der Waals surface area contributed by atoms with Crippen LogP contribution in [-0.2, 0) is 22.6 Å². The van der Waals surface area contributed by atoms with E-state index in [2.05, 4.69) is 34.1 Å². The zero-order valence-electron chi connectivity index (χ0n) is 21.4. The van der Waals surface area contributed by atoms with E-state index in [1.807, 2.05) is 10.8 Å². The van der Waals surface area contributed by atoms with Gasteiger partial charge in [-0.2, -0.15) is 0 Å². The molecule has 1 amide bonds. The van der Waals surface area contributed by atoms with E-state index in [1.54, 1.807) is 30.9 Å². The Kier molecular flexibility index (Phi) is 8.15. The minimum atomic E-state index is -0.421. The van der Waals surface area contributed by atoms with Crippen LogP contribution in [0, 0.1) is 27.4 Å². The van der Waals surface area contributed by atoms with Gasteiger partial charge in [0.25, 0.3) is 5.69 Å². The molecule has 0 unspecified atom stereocenters. The average Bonchev–Trinajstić information content (AvgIpc) is 3.56. The second-order valence-corrected chi connectivity index (χ2v) is 10.5. The lowest BCUT2D eigenvalue weighted by Crippen LogP contribution is -2.48. The van der Waals surface area contributed by atoms with Gasteiger partial charge in [-0.3, -0.25) is 19.7 Å². The van der Waals surface area contributed by atoms with E-state index in [9.17, 15) is 19.7 Å². The normalized spacial score (nSPS) is 18.2. The Bertz CT molecular complexity index is 1230. The van der Waals surface area contributed by atoms with Crippen molar-refractivity contribution < 1.29 is 14.5 Å². The van der Waals surface area contributed by atoms with Crippen LogP contribution in [-0.4, -0.2) is 42.7 Å². The maximum absolute atomic E-state index is 12.9. The van der Waals surface area contributed by atoms with Gasteiger partial charge in [0.05, 0.1) is 11.3 Å². The number of nitro benzene ring substituents is 1. The van der Waals surface area contributed by atoms with Gasteiger partial charge in [0, 0.05) is 73.8 Å². The highest BCUT2D eigenvalue weighted by Crippen LogP contribution is 2.53. The van der Waals surface area contributed by atoms with Crippen molar-refractivity contribution >= 4 is 17.4 Å². The van der Waals surface area contributed by atoms with Gasteiger partial charge < -0.3 is 14.9 Å². The van der Waals surface area contributed by atoms with Crippen LogP contribution in [0.25, 0.3) is 11.4 Å². The molecule has 2 heterocycles. The lowest BCUT2D eigenvalue weighted by molar-refractivity contribution is -0.384. The predicted octanol–water partition coefficient (Wildman–Crippen LogP) is 4.33. The van der Waals surface area contributed by atoms with Gasteiger partial charge in [0.15, 0.2) is 0 Å². The highest BCUT2D eigenvalue weighted by molar-refractivity contribution is 5.87. The SMILES string of the molecule is CC1(C)C[C@H](C(=O)CCC(=O)NCCCn2ccnc2)[C@H]1CCc1cnc(-c2cccc([N+](=O)[O-])c2)[nH]1. The van der Waals surface area contributed by atoms with Crippen LogP contribution >= 0.6 is 0 Å². The van der Waals surface area contributed by atoms with Crippen LogP contribution in [0.1, 0.15) is 51.6 Å². The minimum absolute atomic E-state index is 0.0242. The number of imidazole rings is 2. The number of aryl methyl sites for hydroxylation is 2. The predicted molar refractivity (Wildman–Crippen MR) is 138 cm³/mol. The zero-order valence-corrected chi connectivity index (χ0v) is 21.4. The fourth-order valence-corrected chi connectivity index (χ4v) is 5.30. The first-order chi connectivity index (χ1) is 17.7. The molecule has 0 bridgehead atoms. The van der Waals surface area contributed by atoms with Crippen LogP contribution in [0.4, 0.5) is 5.69 Å². The standard InChI is InChI=1S/C27H34N6O4/c1-27(2)16-22(24(34)9-10-25(35)29-11-4-13-32-14-12-28-18-32)23(27)8-7-20-17-30-26(31-20)19-5-3-6-21(15-19)33(36)37/h3,5-6,12,14-15,17-18,22-23H,4,7-11,13,16H2,1-2H3,(H,29,35)(H,30,31)/t22-,23+/m0/s1. The number of Topliss-reactive ketones (excluding diaryl/α,β-unsaturated/α-hetero) is 1. The van der Waals surface area contributed by atoms with E-state index < -0.39 is 4.92 Å². The summed E-state index contributed by atoms with van der Waals surface area (Å²) >= 11 is 0. The highest BCUT2D eigenvalue weighted by Gasteiger charge is 2.49. The van der Waals surface area contributed by atoms with Crippen LogP contribution < -0.4 is 5.32 Å². The van der Waals surface area contributed by atoms with E-state index >= 15 is 0 Å². The summed E-state index contributed by atoms with van der Waals surface area (Å²) in [4.78, 5) is 47.4. The number of nitrogens with one attached hydrogen (secondary N) is 2. The third-order valence-corrected chi connectivity index (χ3v) is 7.41. The molecule has 4 rings (SSSR count). The Labute approximate surface area is 216 Å². The van der Waals surface area contributed by atoms with Gasteiger partial charge in [-0.1, -0.05) is 26.0 Å². The number of carbonyl (C=O) groups excluding carboxylic acids is 2. The van der Waals surface area contributed by atoms with Crippen molar-refractivity contribution in [1.82, 2.24) is 24.8 Å². The van der Waals surface area contributed by atoms with Crippen molar-refractivity contribution in [2.75, 3.05) is 6.54 Å². The number of aromatic amines is 1. The second-order valence-electron chi connectivity index (χ2n) is 10.5. The first-order valence-corrected chi connectivity index (χ1v) is 12.8. The summed E-state index contributed by atoms with van der Waals surface area (Å²) in [6, 6.07) is 6.39. The second kappa shape index (κ2) is 11.5. The number of nitro groups is 1. The molecule has 1 aliphatic carbocycles. The molecule has 1 aromatic carbocycles. The molecular formula is C27H34N6O4. The monoisotopic (exact) mass is 506 g/mol. The molecule has 10 heteroatoms. The van der Waals surface area contributed by atoms with Crippen molar-refractivity contribution in [3.63, 3.8) is 0 Å². The number of nitrogens with zero attached hydrogens (tertiary/aromatic N) is 4. The third-order valence-electron chi connectivity index (χ3n) is 7.41. The number of carbonyl (C=O) groups is 2. The first kappa shape index (κ1) is 26.2. The Morgan fingerprint density at radius 2 is 2.14 bits per heavy atom. The summed E-state index contributed by atoms with van der Waals surface area (Å²) in [5, 5.41) is 14.0. The molecule has 2 N–H and O–H groups in total. The Morgan fingerprint density at radius 3 is 2.86 bits per heavy atom. The molecule has 1 saturated carbocycles. The first-order valence-electron chi connectivity index (χ1n) is 12.8. The Hall–Kier alpha value is -3.82. The smallest absolute Gasteiger partial charge is 0.270 e. The minimum Gasteiger partial charge on any atom is -0.356 e. The topological polar surface area (TPSA) is 136 Å². The maximum Gasteiger partial charge on any atom is 0.270 e. The quantitative estimate of drug-likeness (QED) is 0.201. The van der Waals surface area contributed by atoms with Gasteiger partial charge in [-0.25, -0.2) is 9.97 Å². The Balaban J connectivity index is 1.23. The number of amides is 1. The molecular weight excluding hydrogens is 472 g/mol. The third kappa shape index (κ3) is 6.69. The number of rotatable bonds is 13. The number of ketones is 1. The fourth-order valence-electron chi connectivity index (χ4n) is 5.30. The molecule has 10 nitrogen and oxygen atoms in total. The van der Waals surface area contributed by atoms with Crippen LogP contribution in [0.5, 0.6) is 0 Å². The summed E-state index contributed by atoms with van der Waals surface area (Å²) in [5.74, 6) is 0.890. The summed E-state index contributed by atoms with van der Waals surface area (Å²) in [5.41, 5.74) is 1.69. The van der Waals surface area contributed by atoms with Crippen molar-refractivity contribution in [1.29, 1.82) is 0 Å². The molecule has 37 heavy (non-hydrogen) atoms. The Morgan fingerprint density at radius 1 is 1.30 bits per heavy atom. The fraction of sp³-hybridized carbons (Fsp3) is 0.481. The van der Waals surface area contributed by atoms with Crippen LogP contribution in [0.2, 0.25) is 0 Å². The van der Waals surface area contributed by atoms with E-state index in [4.69, 9.17) is 0 Å². The summed E-state index contributed by atoms with van der Waals surface area (Å²) in [7, 11) is 0. The van der Waals surface area contributed by atoms with Crippen molar-refractivity contribution in [3.05, 3.63) is 65.0 Å².